The molecule has 1 fully saturated rings. The molecule has 0 saturated heterocycles. The lowest BCUT2D eigenvalue weighted by Gasteiger charge is -2.32. The van der Waals surface area contributed by atoms with Crippen molar-refractivity contribution in [1.29, 1.82) is 0 Å². The van der Waals surface area contributed by atoms with Crippen LogP contribution in [0.1, 0.15) is 37.0 Å². The van der Waals surface area contributed by atoms with Gasteiger partial charge in [-0.25, -0.2) is 0 Å². The number of hydrogen-bond donors (Lipinski definition) is 2. The molecule has 18 heavy (non-hydrogen) atoms. The van der Waals surface area contributed by atoms with E-state index < -0.39 is 5.60 Å². The largest absolute Gasteiger partial charge is 0.388 e. The molecular formula is C13H18BrNO2S. The number of nitrogens with one attached hydrogen (secondary N) is 1. The average Bonchev–Trinajstić information content (AvgIpc) is 2.73. The Hall–Kier alpha value is -0.390. The fourth-order valence-corrected chi connectivity index (χ4v) is 3.80. The number of rotatable bonds is 4. The molecule has 0 atom stereocenters. The van der Waals surface area contributed by atoms with Gasteiger partial charge in [0.2, 0.25) is 5.91 Å². The molecule has 1 aliphatic carbocycles. The van der Waals surface area contributed by atoms with E-state index >= 15 is 0 Å². The van der Waals surface area contributed by atoms with Crippen LogP contribution in [0.5, 0.6) is 0 Å². The van der Waals surface area contributed by atoms with Crippen LogP contribution in [0, 0.1) is 0 Å². The van der Waals surface area contributed by atoms with Crippen LogP contribution < -0.4 is 5.32 Å². The first-order valence-electron chi connectivity index (χ1n) is 6.31. The summed E-state index contributed by atoms with van der Waals surface area (Å²) in [6.07, 6.45) is 5.32. The number of carbonyl (C=O) groups excluding carboxylic acids is 1. The van der Waals surface area contributed by atoms with Crippen molar-refractivity contribution in [2.24, 2.45) is 0 Å². The molecule has 1 heterocycles. The molecule has 2 N–H and O–H groups in total. The number of carbonyl (C=O) groups is 1. The minimum absolute atomic E-state index is 0.0108. The van der Waals surface area contributed by atoms with Crippen molar-refractivity contribution in [3.63, 3.8) is 0 Å². The Balaban J connectivity index is 1.77. The molecular weight excluding hydrogens is 314 g/mol. The van der Waals surface area contributed by atoms with Gasteiger partial charge in [-0.15, -0.1) is 11.3 Å². The molecule has 1 saturated carbocycles. The number of amides is 1. The highest BCUT2D eigenvalue weighted by atomic mass is 79.9. The molecule has 1 aliphatic rings. The first kappa shape index (κ1) is 14.0. The first-order valence-corrected chi connectivity index (χ1v) is 7.92. The maximum Gasteiger partial charge on any atom is 0.225 e. The van der Waals surface area contributed by atoms with Crippen LogP contribution in [-0.4, -0.2) is 23.2 Å². The van der Waals surface area contributed by atoms with Gasteiger partial charge >= 0.3 is 0 Å². The summed E-state index contributed by atoms with van der Waals surface area (Å²) < 4.78 is 1.04. The van der Waals surface area contributed by atoms with Crippen molar-refractivity contribution in [3.05, 3.63) is 20.8 Å². The molecule has 0 unspecified atom stereocenters. The smallest absolute Gasteiger partial charge is 0.225 e. The summed E-state index contributed by atoms with van der Waals surface area (Å²) in [7, 11) is 0. The predicted octanol–water partition coefficient (Wildman–Crippen LogP) is 2.86. The van der Waals surface area contributed by atoms with Crippen LogP contribution in [-0.2, 0) is 11.2 Å². The van der Waals surface area contributed by atoms with Gasteiger partial charge in [-0.05, 0) is 40.9 Å². The van der Waals surface area contributed by atoms with Crippen LogP contribution >= 0.6 is 27.3 Å². The monoisotopic (exact) mass is 331 g/mol. The number of hydrogen-bond acceptors (Lipinski definition) is 3. The van der Waals surface area contributed by atoms with Gasteiger partial charge in [0.1, 0.15) is 0 Å². The summed E-state index contributed by atoms with van der Waals surface area (Å²) in [5.74, 6) is -0.0108. The molecule has 0 aliphatic heterocycles. The topological polar surface area (TPSA) is 49.3 Å². The highest BCUT2D eigenvalue weighted by Crippen LogP contribution is 2.27. The van der Waals surface area contributed by atoms with Gasteiger partial charge in [0, 0.05) is 11.4 Å². The lowest BCUT2D eigenvalue weighted by atomic mass is 9.85. The third kappa shape index (κ3) is 4.07. The van der Waals surface area contributed by atoms with Crippen molar-refractivity contribution in [2.75, 3.05) is 6.54 Å². The normalized spacial score (nSPS) is 18.6. The Labute approximate surface area is 120 Å². The second-order valence-electron chi connectivity index (χ2n) is 4.94. The van der Waals surface area contributed by atoms with Gasteiger partial charge < -0.3 is 10.4 Å². The zero-order chi connectivity index (χ0) is 13.0. The zero-order valence-corrected chi connectivity index (χ0v) is 12.6. The Bertz CT molecular complexity index is 413. The van der Waals surface area contributed by atoms with E-state index in [4.69, 9.17) is 0 Å². The van der Waals surface area contributed by atoms with Gasteiger partial charge in [0.15, 0.2) is 0 Å². The van der Waals surface area contributed by atoms with Gasteiger partial charge in [0.25, 0.3) is 0 Å². The van der Waals surface area contributed by atoms with Crippen LogP contribution in [0.2, 0.25) is 0 Å². The molecule has 0 aromatic carbocycles. The van der Waals surface area contributed by atoms with Gasteiger partial charge in [-0.1, -0.05) is 19.3 Å². The predicted molar refractivity (Wildman–Crippen MR) is 76.8 cm³/mol. The standard InChI is InChI=1S/C13H18BrNO2S/c14-11-5-4-10(18-11)8-12(16)15-9-13(17)6-2-1-3-7-13/h4-5,17H,1-3,6-9H2,(H,15,16). The SMILES string of the molecule is O=C(Cc1ccc(Br)s1)NCC1(O)CCCCC1. The van der Waals surface area contributed by atoms with Crippen LogP contribution in [0.15, 0.2) is 15.9 Å². The van der Waals surface area contributed by atoms with Crippen LogP contribution in [0.25, 0.3) is 0 Å². The van der Waals surface area contributed by atoms with E-state index in [0.717, 1.165) is 34.3 Å². The van der Waals surface area contributed by atoms with E-state index in [-0.39, 0.29) is 5.91 Å². The highest BCUT2D eigenvalue weighted by Gasteiger charge is 2.29. The molecule has 1 aromatic heterocycles. The fraction of sp³-hybridized carbons (Fsp3) is 0.615. The van der Waals surface area contributed by atoms with Gasteiger partial charge in [-0.2, -0.15) is 0 Å². The molecule has 5 heteroatoms. The molecule has 1 amide bonds. The molecule has 3 nitrogen and oxygen atoms in total. The summed E-state index contributed by atoms with van der Waals surface area (Å²) in [5.41, 5.74) is -0.677. The van der Waals surface area contributed by atoms with E-state index in [1.165, 1.54) is 6.42 Å². The number of thiophene rings is 1. The third-order valence-electron chi connectivity index (χ3n) is 3.36. The number of aliphatic hydroxyl groups is 1. The lowest BCUT2D eigenvalue weighted by molar-refractivity contribution is -0.122. The average molecular weight is 332 g/mol. The van der Waals surface area contributed by atoms with Crippen molar-refractivity contribution >= 4 is 33.2 Å². The summed E-state index contributed by atoms with van der Waals surface area (Å²) in [6, 6.07) is 3.89. The second kappa shape index (κ2) is 6.17. The molecule has 100 valence electrons. The minimum Gasteiger partial charge on any atom is -0.388 e. The maximum absolute atomic E-state index is 11.8. The molecule has 0 spiro atoms. The summed E-state index contributed by atoms with van der Waals surface area (Å²) in [5, 5.41) is 13.1. The molecule has 0 bridgehead atoms. The number of halogens is 1. The van der Waals surface area contributed by atoms with Crippen LogP contribution in [0.4, 0.5) is 0 Å². The quantitative estimate of drug-likeness (QED) is 0.891. The van der Waals surface area contributed by atoms with E-state index in [9.17, 15) is 9.90 Å². The summed E-state index contributed by atoms with van der Waals surface area (Å²) in [4.78, 5) is 12.8. The van der Waals surface area contributed by atoms with Gasteiger partial charge in [0.05, 0.1) is 15.8 Å². The molecule has 0 radical (unpaired) electrons. The maximum atomic E-state index is 11.8. The van der Waals surface area contributed by atoms with Crippen molar-refractivity contribution < 1.29 is 9.90 Å². The molecule has 2 rings (SSSR count). The zero-order valence-electron chi connectivity index (χ0n) is 10.2. The van der Waals surface area contributed by atoms with Crippen LogP contribution in [0.3, 0.4) is 0 Å². The Kier molecular flexibility index (Phi) is 4.81. The minimum atomic E-state index is -0.677. The molecule has 1 aromatic rings. The van der Waals surface area contributed by atoms with E-state index in [1.807, 2.05) is 12.1 Å². The second-order valence-corrected chi connectivity index (χ2v) is 7.49. The van der Waals surface area contributed by atoms with E-state index in [1.54, 1.807) is 11.3 Å². The Morgan fingerprint density at radius 3 is 2.72 bits per heavy atom. The van der Waals surface area contributed by atoms with Crippen molar-refractivity contribution in [1.82, 2.24) is 5.32 Å². The Morgan fingerprint density at radius 1 is 1.39 bits per heavy atom. The summed E-state index contributed by atoms with van der Waals surface area (Å²) in [6.45, 7) is 0.387. The fourth-order valence-electron chi connectivity index (χ4n) is 2.32. The lowest BCUT2D eigenvalue weighted by Crippen LogP contribution is -2.44. The highest BCUT2D eigenvalue weighted by molar-refractivity contribution is 9.11. The Morgan fingerprint density at radius 2 is 2.11 bits per heavy atom. The van der Waals surface area contributed by atoms with Crippen molar-refractivity contribution in [2.45, 2.75) is 44.1 Å². The summed E-state index contributed by atoms with van der Waals surface area (Å²) >= 11 is 4.95. The van der Waals surface area contributed by atoms with E-state index in [0.29, 0.717) is 13.0 Å². The van der Waals surface area contributed by atoms with E-state index in [2.05, 4.69) is 21.2 Å². The van der Waals surface area contributed by atoms with Gasteiger partial charge in [-0.3, -0.25) is 4.79 Å². The van der Waals surface area contributed by atoms with Crippen molar-refractivity contribution in [3.8, 4) is 0 Å². The third-order valence-corrected chi connectivity index (χ3v) is 4.99. The first-order chi connectivity index (χ1) is 8.57.